The maximum absolute atomic E-state index is 9.15. The highest BCUT2D eigenvalue weighted by Gasteiger charge is 2.08. The summed E-state index contributed by atoms with van der Waals surface area (Å²) in [6, 6.07) is 7.91. The standard InChI is InChI=1S/C11H17NO2/c1-9-3-2-4-10(7-9)11(8-14)12-5-6-13/h2-4,7,11-14H,5-6,8H2,1H3. The Morgan fingerprint density at radius 3 is 2.71 bits per heavy atom. The topological polar surface area (TPSA) is 52.5 Å². The van der Waals surface area contributed by atoms with Gasteiger partial charge in [-0.3, -0.25) is 0 Å². The molecule has 0 amide bonds. The van der Waals surface area contributed by atoms with Crippen molar-refractivity contribution < 1.29 is 10.2 Å². The molecule has 1 atom stereocenters. The number of nitrogens with one attached hydrogen (secondary N) is 1. The maximum Gasteiger partial charge on any atom is 0.0626 e. The average molecular weight is 195 g/mol. The number of aliphatic hydroxyl groups is 2. The van der Waals surface area contributed by atoms with E-state index < -0.39 is 0 Å². The molecule has 0 saturated heterocycles. The lowest BCUT2D eigenvalue weighted by atomic mass is 10.1. The van der Waals surface area contributed by atoms with Gasteiger partial charge in [0, 0.05) is 6.54 Å². The van der Waals surface area contributed by atoms with Crippen LogP contribution in [0, 0.1) is 6.92 Å². The normalized spacial score (nSPS) is 12.8. The van der Waals surface area contributed by atoms with Gasteiger partial charge in [0.1, 0.15) is 0 Å². The van der Waals surface area contributed by atoms with Gasteiger partial charge in [0.15, 0.2) is 0 Å². The third-order valence-electron chi connectivity index (χ3n) is 2.13. The van der Waals surface area contributed by atoms with Crippen molar-refractivity contribution >= 4 is 0 Å². The zero-order valence-corrected chi connectivity index (χ0v) is 8.40. The van der Waals surface area contributed by atoms with E-state index in [0.29, 0.717) is 6.54 Å². The van der Waals surface area contributed by atoms with Crippen molar-refractivity contribution in [3.8, 4) is 0 Å². The summed E-state index contributed by atoms with van der Waals surface area (Å²) in [4.78, 5) is 0. The quantitative estimate of drug-likeness (QED) is 0.645. The van der Waals surface area contributed by atoms with Crippen LogP contribution in [-0.2, 0) is 0 Å². The smallest absolute Gasteiger partial charge is 0.0626 e. The van der Waals surface area contributed by atoms with Crippen LogP contribution in [0.2, 0.25) is 0 Å². The molecule has 0 saturated carbocycles. The molecule has 0 aliphatic rings. The van der Waals surface area contributed by atoms with E-state index in [1.54, 1.807) is 0 Å². The predicted molar refractivity (Wildman–Crippen MR) is 56.1 cm³/mol. The molecular formula is C11H17NO2. The lowest BCUT2D eigenvalue weighted by Crippen LogP contribution is -2.27. The summed E-state index contributed by atoms with van der Waals surface area (Å²) < 4.78 is 0. The van der Waals surface area contributed by atoms with Crippen LogP contribution in [-0.4, -0.2) is 30.0 Å². The van der Waals surface area contributed by atoms with Gasteiger partial charge in [0.25, 0.3) is 0 Å². The molecule has 78 valence electrons. The number of aliphatic hydroxyl groups excluding tert-OH is 2. The Morgan fingerprint density at radius 2 is 2.14 bits per heavy atom. The summed E-state index contributed by atoms with van der Waals surface area (Å²) in [5, 5.41) is 20.9. The van der Waals surface area contributed by atoms with Gasteiger partial charge in [0.2, 0.25) is 0 Å². The molecule has 3 heteroatoms. The van der Waals surface area contributed by atoms with Gasteiger partial charge in [-0.15, -0.1) is 0 Å². The van der Waals surface area contributed by atoms with E-state index in [1.165, 1.54) is 5.56 Å². The minimum absolute atomic E-state index is 0.0451. The van der Waals surface area contributed by atoms with Crippen LogP contribution >= 0.6 is 0 Å². The van der Waals surface area contributed by atoms with Gasteiger partial charge in [-0.25, -0.2) is 0 Å². The van der Waals surface area contributed by atoms with Crippen molar-refractivity contribution in [2.24, 2.45) is 0 Å². The zero-order chi connectivity index (χ0) is 10.4. The highest BCUT2D eigenvalue weighted by Crippen LogP contribution is 2.13. The lowest BCUT2D eigenvalue weighted by molar-refractivity contribution is 0.227. The van der Waals surface area contributed by atoms with E-state index in [0.717, 1.165) is 5.56 Å². The van der Waals surface area contributed by atoms with Gasteiger partial charge in [0.05, 0.1) is 19.3 Å². The summed E-state index contributed by atoms with van der Waals surface area (Å²) >= 11 is 0. The van der Waals surface area contributed by atoms with Crippen LogP contribution in [0.3, 0.4) is 0 Å². The second-order valence-electron chi connectivity index (χ2n) is 3.33. The fraction of sp³-hybridized carbons (Fsp3) is 0.455. The van der Waals surface area contributed by atoms with E-state index in [2.05, 4.69) is 5.32 Å². The Hall–Kier alpha value is -0.900. The Labute approximate surface area is 84.4 Å². The molecule has 1 aromatic carbocycles. The van der Waals surface area contributed by atoms with Gasteiger partial charge in [-0.2, -0.15) is 0 Å². The Bertz CT molecular complexity index is 276. The fourth-order valence-corrected chi connectivity index (χ4v) is 1.41. The molecule has 0 aliphatic heterocycles. The molecule has 0 spiro atoms. The molecule has 1 aromatic rings. The molecule has 3 N–H and O–H groups in total. The molecule has 0 fully saturated rings. The van der Waals surface area contributed by atoms with E-state index in [4.69, 9.17) is 10.2 Å². The molecule has 0 heterocycles. The molecule has 0 aromatic heterocycles. The summed E-state index contributed by atoms with van der Waals surface area (Å²) in [6.45, 7) is 2.65. The van der Waals surface area contributed by atoms with Crippen molar-refractivity contribution in [3.63, 3.8) is 0 Å². The number of hydrogen-bond acceptors (Lipinski definition) is 3. The molecular weight excluding hydrogens is 178 g/mol. The van der Waals surface area contributed by atoms with E-state index >= 15 is 0 Å². The Kier molecular flexibility index (Phi) is 4.59. The second kappa shape index (κ2) is 5.75. The number of aryl methyl sites for hydroxylation is 1. The Morgan fingerprint density at radius 1 is 1.36 bits per heavy atom. The number of hydrogen-bond donors (Lipinski definition) is 3. The number of benzene rings is 1. The van der Waals surface area contributed by atoms with Crippen LogP contribution in [0.15, 0.2) is 24.3 Å². The molecule has 0 aliphatic carbocycles. The van der Waals surface area contributed by atoms with E-state index in [-0.39, 0.29) is 19.3 Å². The highest BCUT2D eigenvalue weighted by atomic mass is 16.3. The molecule has 1 unspecified atom stereocenters. The first-order valence-corrected chi connectivity index (χ1v) is 4.79. The maximum atomic E-state index is 9.15. The third kappa shape index (κ3) is 3.10. The number of rotatable bonds is 5. The monoisotopic (exact) mass is 195 g/mol. The van der Waals surface area contributed by atoms with E-state index in [1.807, 2.05) is 31.2 Å². The third-order valence-corrected chi connectivity index (χ3v) is 2.13. The summed E-state index contributed by atoms with van der Waals surface area (Å²) in [5.41, 5.74) is 2.23. The molecule has 0 radical (unpaired) electrons. The largest absolute Gasteiger partial charge is 0.395 e. The van der Waals surface area contributed by atoms with Crippen LogP contribution in [0.1, 0.15) is 17.2 Å². The van der Waals surface area contributed by atoms with Crippen LogP contribution in [0.25, 0.3) is 0 Å². The SMILES string of the molecule is Cc1cccc(C(CO)NCCO)c1. The van der Waals surface area contributed by atoms with Gasteiger partial charge >= 0.3 is 0 Å². The second-order valence-corrected chi connectivity index (χ2v) is 3.33. The minimum atomic E-state index is -0.0814. The van der Waals surface area contributed by atoms with Crippen molar-refractivity contribution in [2.75, 3.05) is 19.8 Å². The van der Waals surface area contributed by atoms with Crippen LogP contribution in [0.4, 0.5) is 0 Å². The Balaban J connectivity index is 2.68. The van der Waals surface area contributed by atoms with Crippen LogP contribution in [0.5, 0.6) is 0 Å². The van der Waals surface area contributed by atoms with Gasteiger partial charge in [-0.1, -0.05) is 29.8 Å². The van der Waals surface area contributed by atoms with Crippen molar-refractivity contribution in [1.29, 1.82) is 0 Å². The minimum Gasteiger partial charge on any atom is -0.395 e. The first-order valence-electron chi connectivity index (χ1n) is 4.79. The summed E-state index contributed by atoms with van der Waals surface area (Å²) in [7, 11) is 0. The lowest BCUT2D eigenvalue weighted by Gasteiger charge is -2.16. The van der Waals surface area contributed by atoms with Crippen LogP contribution < -0.4 is 5.32 Å². The first-order chi connectivity index (χ1) is 6.77. The molecule has 0 bridgehead atoms. The predicted octanol–water partition coefficient (Wildman–Crippen LogP) is 0.610. The molecule has 3 nitrogen and oxygen atoms in total. The fourth-order valence-electron chi connectivity index (χ4n) is 1.41. The average Bonchev–Trinajstić information content (AvgIpc) is 2.19. The zero-order valence-electron chi connectivity index (χ0n) is 8.40. The van der Waals surface area contributed by atoms with Gasteiger partial charge in [-0.05, 0) is 12.5 Å². The first kappa shape index (κ1) is 11.2. The van der Waals surface area contributed by atoms with Crippen molar-refractivity contribution in [1.82, 2.24) is 5.32 Å². The summed E-state index contributed by atoms with van der Waals surface area (Å²) in [6.07, 6.45) is 0. The van der Waals surface area contributed by atoms with Crippen molar-refractivity contribution in [2.45, 2.75) is 13.0 Å². The van der Waals surface area contributed by atoms with Crippen molar-refractivity contribution in [3.05, 3.63) is 35.4 Å². The van der Waals surface area contributed by atoms with Gasteiger partial charge < -0.3 is 15.5 Å². The summed E-state index contributed by atoms with van der Waals surface area (Å²) in [5.74, 6) is 0. The highest BCUT2D eigenvalue weighted by molar-refractivity contribution is 5.25. The molecule has 1 rings (SSSR count). The van der Waals surface area contributed by atoms with E-state index in [9.17, 15) is 0 Å². The molecule has 14 heavy (non-hydrogen) atoms.